The Kier molecular flexibility index (Phi) is 2.24. The number of thiazole rings is 1. The van der Waals surface area contributed by atoms with Gasteiger partial charge in [-0.2, -0.15) is 8.42 Å². The average molecular weight is 195 g/mol. The number of hydrogen-bond donors (Lipinski definition) is 0. The summed E-state index contributed by atoms with van der Waals surface area (Å²) in [5.41, 5.74) is 0. The molecule has 1 aromatic heterocycles. The zero-order chi connectivity index (χ0) is 8.48. The van der Waals surface area contributed by atoms with E-state index in [2.05, 4.69) is 4.98 Å². The molecule has 0 N–H and O–H groups in total. The maximum absolute atomic E-state index is 12.0. The molecule has 0 aliphatic heterocycles. The van der Waals surface area contributed by atoms with Crippen molar-refractivity contribution in [3.63, 3.8) is 0 Å². The van der Waals surface area contributed by atoms with Gasteiger partial charge in [0.15, 0.2) is 0 Å². The second-order valence-corrected chi connectivity index (χ2v) is 4.71. The molecule has 0 atom stereocenters. The van der Waals surface area contributed by atoms with Crippen molar-refractivity contribution < 1.29 is 12.3 Å². The van der Waals surface area contributed by atoms with Crippen molar-refractivity contribution in [2.75, 3.05) is 0 Å². The van der Waals surface area contributed by atoms with Gasteiger partial charge in [-0.1, -0.05) is 0 Å². The van der Waals surface area contributed by atoms with Gasteiger partial charge < -0.3 is 0 Å². The highest BCUT2D eigenvalue weighted by molar-refractivity contribution is 7.85. The summed E-state index contributed by atoms with van der Waals surface area (Å²) < 4.78 is 32.3. The molecule has 0 unspecified atom stereocenters. The Morgan fingerprint density at radius 2 is 2.36 bits per heavy atom. The number of nitrogens with zero attached hydrogens (tertiary/aromatic N) is 1. The van der Waals surface area contributed by atoms with Gasteiger partial charge in [0.05, 0.1) is 5.01 Å². The van der Waals surface area contributed by atoms with Crippen LogP contribution >= 0.6 is 11.3 Å². The van der Waals surface area contributed by atoms with E-state index in [0.717, 1.165) is 5.01 Å². The Morgan fingerprint density at radius 1 is 1.73 bits per heavy atom. The normalized spacial score (nSPS) is 11.8. The van der Waals surface area contributed by atoms with Crippen molar-refractivity contribution in [3.05, 3.63) is 16.1 Å². The molecule has 0 saturated heterocycles. The Bertz CT molecular complexity index is 343. The molecule has 62 valence electrons. The van der Waals surface area contributed by atoms with Crippen LogP contribution in [0.4, 0.5) is 3.89 Å². The van der Waals surface area contributed by atoms with Crippen molar-refractivity contribution in [2.24, 2.45) is 0 Å². The molecule has 11 heavy (non-hydrogen) atoms. The summed E-state index contributed by atoms with van der Waals surface area (Å²) in [6.45, 7) is 1.74. The van der Waals surface area contributed by atoms with Gasteiger partial charge in [0.1, 0.15) is 5.75 Å². The first-order chi connectivity index (χ1) is 4.97. The monoisotopic (exact) mass is 195 g/mol. The largest absolute Gasteiger partial charge is 0.307 e. The van der Waals surface area contributed by atoms with Crippen LogP contribution in [0.1, 0.15) is 9.88 Å². The summed E-state index contributed by atoms with van der Waals surface area (Å²) >= 11 is 1.18. The van der Waals surface area contributed by atoms with Gasteiger partial charge in [0, 0.05) is 11.1 Å². The fraction of sp³-hybridized carbons (Fsp3) is 0.400. The molecule has 0 aliphatic rings. The molecule has 0 aromatic carbocycles. The minimum Gasteiger partial charge on any atom is -0.250 e. The van der Waals surface area contributed by atoms with E-state index in [1.807, 2.05) is 0 Å². The SMILES string of the molecule is Cc1ncc(CS(=O)(=O)F)s1. The van der Waals surface area contributed by atoms with Crippen molar-refractivity contribution >= 4 is 21.6 Å². The summed E-state index contributed by atoms with van der Waals surface area (Å²) in [7, 11) is -4.39. The molecule has 0 bridgehead atoms. The van der Waals surface area contributed by atoms with Gasteiger partial charge in [-0.15, -0.1) is 15.2 Å². The van der Waals surface area contributed by atoms with Crippen LogP contribution in [-0.2, 0) is 16.0 Å². The smallest absolute Gasteiger partial charge is 0.250 e. The lowest BCUT2D eigenvalue weighted by atomic mass is 10.6. The van der Waals surface area contributed by atoms with E-state index in [4.69, 9.17) is 0 Å². The van der Waals surface area contributed by atoms with E-state index in [0.29, 0.717) is 4.88 Å². The lowest BCUT2D eigenvalue weighted by Gasteiger charge is -1.86. The molecular weight excluding hydrogens is 189 g/mol. The molecule has 0 radical (unpaired) electrons. The van der Waals surface area contributed by atoms with Gasteiger partial charge >= 0.3 is 10.2 Å². The van der Waals surface area contributed by atoms with E-state index >= 15 is 0 Å². The van der Waals surface area contributed by atoms with Crippen LogP contribution in [0, 0.1) is 6.92 Å². The zero-order valence-corrected chi connectivity index (χ0v) is 7.38. The Hall–Kier alpha value is -0.490. The number of aryl methyl sites for hydroxylation is 1. The van der Waals surface area contributed by atoms with Crippen LogP contribution in [-0.4, -0.2) is 13.4 Å². The maximum atomic E-state index is 12.0. The van der Waals surface area contributed by atoms with E-state index in [-0.39, 0.29) is 0 Å². The van der Waals surface area contributed by atoms with Crippen LogP contribution in [0.5, 0.6) is 0 Å². The summed E-state index contributed by atoms with van der Waals surface area (Å²) in [4.78, 5) is 4.22. The first-order valence-corrected chi connectivity index (χ1v) is 5.18. The van der Waals surface area contributed by atoms with Gasteiger partial charge in [-0.3, -0.25) is 0 Å². The van der Waals surface area contributed by atoms with E-state index in [1.54, 1.807) is 6.92 Å². The fourth-order valence-corrected chi connectivity index (χ4v) is 2.30. The summed E-state index contributed by atoms with van der Waals surface area (Å²) in [5, 5.41) is 0.739. The predicted molar refractivity (Wildman–Crippen MR) is 40.6 cm³/mol. The number of halogens is 1. The Balaban J connectivity index is 2.81. The molecule has 0 amide bonds. The molecule has 0 aliphatic carbocycles. The lowest BCUT2D eigenvalue weighted by Crippen LogP contribution is -1.92. The van der Waals surface area contributed by atoms with Crippen LogP contribution < -0.4 is 0 Å². The third kappa shape index (κ3) is 2.94. The zero-order valence-electron chi connectivity index (χ0n) is 5.74. The summed E-state index contributed by atoms with van der Waals surface area (Å²) in [5.74, 6) is -0.557. The molecular formula is C5H6FNO2S2. The van der Waals surface area contributed by atoms with Gasteiger partial charge in [0.2, 0.25) is 0 Å². The first kappa shape index (κ1) is 8.61. The van der Waals surface area contributed by atoms with E-state index in [9.17, 15) is 12.3 Å². The predicted octanol–water partition coefficient (Wildman–Crippen LogP) is 1.25. The maximum Gasteiger partial charge on any atom is 0.307 e. The molecule has 0 fully saturated rings. The summed E-state index contributed by atoms with van der Waals surface area (Å²) in [6.07, 6.45) is 1.37. The van der Waals surface area contributed by atoms with Crippen LogP contribution in [0.25, 0.3) is 0 Å². The van der Waals surface area contributed by atoms with Crippen LogP contribution in [0.3, 0.4) is 0 Å². The van der Waals surface area contributed by atoms with Crippen molar-refractivity contribution in [1.82, 2.24) is 4.98 Å². The number of rotatable bonds is 2. The minimum absolute atomic E-state index is 0.435. The van der Waals surface area contributed by atoms with E-state index in [1.165, 1.54) is 17.5 Å². The fourth-order valence-electron chi connectivity index (χ4n) is 0.642. The first-order valence-electron chi connectivity index (χ1n) is 2.81. The van der Waals surface area contributed by atoms with Crippen molar-refractivity contribution in [3.8, 4) is 0 Å². The molecule has 0 saturated carbocycles. The number of aromatic nitrogens is 1. The lowest BCUT2D eigenvalue weighted by molar-refractivity contribution is 0.551. The van der Waals surface area contributed by atoms with E-state index < -0.39 is 16.0 Å². The number of hydrogen-bond acceptors (Lipinski definition) is 4. The van der Waals surface area contributed by atoms with Crippen molar-refractivity contribution in [1.29, 1.82) is 0 Å². The highest BCUT2D eigenvalue weighted by Gasteiger charge is 2.10. The second kappa shape index (κ2) is 2.86. The minimum atomic E-state index is -4.39. The summed E-state index contributed by atoms with van der Waals surface area (Å²) in [6, 6.07) is 0. The molecule has 1 heterocycles. The Morgan fingerprint density at radius 3 is 2.73 bits per heavy atom. The molecule has 6 heteroatoms. The van der Waals surface area contributed by atoms with Gasteiger partial charge in [-0.05, 0) is 6.92 Å². The van der Waals surface area contributed by atoms with Crippen LogP contribution in [0.15, 0.2) is 6.20 Å². The molecule has 1 rings (SSSR count). The third-order valence-corrected chi connectivity index (χ3v) is 2.74. The third-order valence-electron chi connectivity index (χ3n) is 0.984. The highest BCUT2D eigenvalue weighted by atomic mass is 32.3. The van der Waals surface area contributed by atoms with Gasteiger partial charge in [-0.25, -0.2) is 4.98 Å². The standard InChI is InChI=1S/C5H6FNO2S2/c1-4-7-2-5(10-4)3-11(6,8)9/h2H,3H2,1H3. The quantitative estimate of drug-likeness (QED) is 0.667. The van der Waals surface area contributed by atoms with Crippen LogP contribution in [0.2, 0.25) is 0 Å². The molecule has 3 nitrogen and oxygen atoms in total. The second-order valence-electron chi connectivity index (χ2n) is 2.03. The highest BCUT2D eigenvalue weighted by Crippen LogP contribution is 2.15. The van der Waals surface area contributed by atoms with Gasteiger partial charge in [0.25, 0.3) is 0 Å². The Labute approximate surface area is 68.1 Å². The topological polar surface area (TPSA) is 47.0 Å². The molecule has 1 aromatic rings. The average Bonchev–Trinajstić information content (AvgIpc) is 2.10. The van der Waals surface area contributed by atoms with Crippen molar-refractivity contribution in [2.45, 2.75) is 12.7 Å². The molecule has 0 spiro atoms.